The lowest BCUT2D eigenvalue weighted by Crippen LogP contribution is -1.94. The highest BCUT2D eigenvalue weighted by molar-refractivity contribution is 7.10. The van der Waals surface area contributed by atoms with Crippen molar-refractivity contribution >= 4 is 22.9 Å². The highest BCUT2D eigenvalue weighted by atomic mass is 35.5. The molecule has 0 unspecified atom stereocenters. The predicted octanol–water partition coefficient (Wildman–Crippen LogP) is 4.29. The van der Waals surface area contributed by atoms with Gasteiger partial charge in [0.05, 0.1) is 0 Å². The first kappa shape index (κ1) is 14.8. The number of thiazole rings is 1. The third kappa shape index (κ3) is 3.29. The first-order valence-electron chi connectivity index (χ1n) is 7.42. The van der Waals surface area contributed by atoms with Gasteiger partial charge < -0.3 is 9.26 Å². The maximum Gasteiger partial charge on any atom is 0.277 e. The molecule has 3 heterocycles. The molecule has 7 heteroatoms. The van der Waals surface area contributed by atoms with Crippen molar-refractivity contribution in [1.29, 1.82) is 0 Å². The molecule has 0 saturated carbocycles. The van der Waals surface area contributed by atoms with Crippen molar-refractivity contribution in [3.63, 3.8) is 0 Å². The quantitative estimate of drug-likeness (QED) is 0.704. The van der Waals surface area contributed by atoms with Crippen molar-refractivity contribution in [2.75, 3.05) is 6.61 Å². The van der Waals surface area contributed by atoms with Gasteiger partial charge in [0.2, 0.25) is 0 Å². The molecule has 1 fully saturated rings. The summed E-state index contributed by atoms with van der Waals surface area (Å²) >= 11 is 7.57. The Bertz CT molecular complexity index is 811. The number of hydrogen-bond donors (Lipinski definition) is 0. The van der Waals surface area contributed by atoms with E-state index in [0.717, 1.165) is 30.0 Å². The molecule has 118 valence electrons. The largest absolute Gasteiger partial charge is 0.371 e. The van der Waals surface area contributed by atoms with Crippen molar-refractivity contribution < 1.29 is 9.26 Å². The third-order valence-electron chi connectivity index (χ3n) is 3.67. The number of aromatic nitrogens is 3. The molecule has 0 aliphatic carbocycles. The van der Waals surface area contributed by atoms with Gasteiger partial charge >= 0.3 is 0 Å². The monoisotopic (exact) mass is 347 g/mol. The minimum atomic E-state index is 0.114. The fraction of sp³-hybridized carbons (Fsp3) is 0.312. The highest BCUT2D eigenvalue weighted by Crippen LogP contribution is 2.32. The van der Waals surface area contributed by atoms with Gasteiger partial charge in [0.1, 0.15) is 16.8 Å². The molecule has 1 atom stereocenters. The molecule has 5 nitrogen and oxygen atoms in total. The number of benzene rings is 1. The Morgan fingerprint density at radius 3 is 3.09 bits per heavy atom. The van der Waals surface area contributed by atoms with E-state index in [-0.39, 0.29) is 6.10 Å². The molecule has 23 heavy (non-hydrogen) atoms. The summed E-state index contributed by atoms with van der Waals surface area (Å²) in [6, 6.07) is 7.64. The SMILES string of the molecule is Clc1cccc(Cc2noc(-c3csc([C@@H]4CCCO4)n3)n2)c1. The smallest absolute Gasteiger partial charge is 0.277 e. The Morgan fingerprint density at radius 1 is 1.30 bits per heavy atom. The number of nitrogens with zero attached hydrogens (tertiary/aromatic N) is 3. The zero-order chi connectivity index (χ0) is 15.6. The summed E-state index contributed by atoms with van der Waals surface area (Å²) in [4.78, 5) is 9.00. The van der Waals surface area contributed by atoms with Gasteiger partial charge in [-0.2, -0.15) is 4.98 Å². The van der Waals surface area contributed by atoms with Crippen LogP contribution in [0.5, 0.6) is 0 Å². The summed E-state index contributed by atoms with van der Waals surface area (Å²) in [6.45, 7) is 0.809. The van der Waals surface area contributed by atoms with Crippen LogP contribution in [-0.2, 0) is 11.2 Å². The molecular weight excluding hydrogens is 334 g/mol. The van der Waals surface area contributed by atoms with Crippen molar-refractivity contribution in [1.82, 2.24) is 15.1 Å². The van der Waals surface area contributed by atoms with Gasteiger partial charge in [0.25, 0.3) is 5.89 Å². The third-order valence-corrected chi connectivity index (χ3v) is 4.84. The molecule has 4 rings (SSSR count). The van der Waals surface area contributed by atoms with Crippen molar-refractivity contribution in [2.45, 2.75) is 25.4 Å². The van der Waals surface area contributed by atoms with E-state index in [4.69, 9.17) is 20.9 Å². The predicted molar refractivity (Wildman–Crippen MR) is 87.6 cm³/mol. The average Bonchev–Trinajstić information content (AvgIpc) is 3.28. The zero-order valence-electron chi connectivity index (χ0n) is 12.2. The van der Waals surface area contributed by atoms with E-state index in [9.17, 15) is 0 Å². The van der Waals surface area contributed by atoms with Crippen LogP contribution in [0.4, 0.5) is 0 Å². The van der Waals surface area contributed by atoms with Crippen LogP contribution in [0.2, 0.25) is 5.02 Å². The first-order chi connectivity index (χ1) is 11.3. The minimum absolute atomic E-state index is 0.114. The molecule has 0 radical (unpaired) electrons. The zero-order valence-corrected chi connectivity index (χ0v) is 13.8. The number of hydrogen-bond acceptors (Lipinski definition) is 6. The maximum absolute atomic E-state index is 5.99. The van der Waals surface area contributed by atoms with Gasteiger partial charge in [-0.1, -0.05) is 28.9 Å². The van der Waals surface area contributed by atoms with E-state index in [0.29, 0.717) is 28.9 Å². The van der Waals surface area contributed by atoms with Crippen molar-refractivity contribution in [3.05, 3.63) is 51.1 Å². The summed E-state index contributed by atoms with van der Waals surface area (Å²) in [5, 5.41) is 7.65. The van der Waals surface area contributed by atoms with Gasteiger partial charge in [0, 0.05) is 23.4 Å². The molecule has 0 amide bonds. The topological polar surface area (TPSA) is 61.0 Å². The van der Waals surface area contributed by atoms with E-state index < -0.39 is 0 Å². The van der Waals surface area contributed by atoms with Crippen molar-refractivity contribution in [3.8, 4) is 11.6 Å². The second-order valence-corrected chi connectivity index (χ2v) is 6.72. The summed E-state index contributed by atoms with van der Waals surface area (Å²) in [7, 11) is 0. The summed E-state index contributed by atoms with van der Waals surface area (Å²) in [5.74, 6) is 1.07. The fourth-order valence-electron chi connectivity index (χ4n) is 2.57. The second-order valence-electron chi connectivity index (χ2n) is 5.40. The Morgan fingerprint density at radius 2 is 2.26 bits per heavy atom. The van der Waals surface area contributed by atoms with Crippen LogP contribution in [0.25, 0.3) is 11.6 Å². The molecular formula is C16H14ClN3O2S. The Labute approximate surface area is 142 Å². The van der Waals surface area contributed by atoms with E-state index in [1.165, 1.54) is 0 Å². The van der Waals surface area contributed by atoms with Crippen LogP contribution in [0.3, 0.4) is 0 Å². The van der Waals surface area contributed by atoms with Gasteiger partial charge in [0.15, 0.2) is 5.82 Å². The van der Waals surface area contributed by atoms with Crippen LogP contribution >= 0.6 is 22.9 Å². The van der Waals surface area contributed by atoms with Gasteiger partial charge in [-0.05, 0) is 30.5 Å². The molecule has 1 aromatic carbocycles. The average molecular weight is 348 g/mol. The van der Waals surface area contributed by atoms with Crippen LogP contribution in [-0.4, -0.2) is 21.7 Å². The van der Waals surface area contributed by atoms with E-state index in [1.54, 1.807) is 11.3 Å². The van der Waals surface area contributed by atoms with Gasteiger partial charge in [-0.25, -0.2) is 4.98 Å². The number of ether oxygens (including phenoxy) is 1. The van der Waals surface area contributed by atoms with E-state index in [2.05, 4.69) is 15.1 Å². The highest BCUT2D eigenvalue weighted by Gasteiger charge is 2.22. The number of halogens is 1. The molecule has 2 aromatic heterocycles. The summed E-state index contributed by atoms with van der Waals surface area (Å²) in [5.41, 5.74) is 1.76. The molecule has 0 spiro atoms. The fourth-order valence-corrected chi connectivity index (χ4v) is 3.65. The standard InChI is InChI=1S/C16H14ClN3O2S/c17-11-4-1-3-10(7-11)8-14-19-15(22-20-14)12-9-23-16(18-12)13-5-2-6-21-13/h1,3-4,7,9,13H,2,5-6,8H2/t13-/m0/s1. The van der Waals surface area contributed by atoms with Gasteiger partial charge in [-0.15, -0.1) is 11.3 Å². The lowest BCUT2D eigenvalue weighted by atomic mass is 10.1. The normalized spacial score (nSPS) is 17.7. The van der Waals surface area contributed by atoms with Crippen LogP contribution in [0.1, 0.15) is 35.3 Å². The molecule has 1 aliphatic heterocycles. The summed E-state index contributed by atoms with van der Waals surface area (Å²) in [6.07, 6.45) is 2.80. The molecule has 1 aliphatic rings. The maximum atomic E-state index is 5.99. The molecule has 0 N–H and O–H groups in total. The molecule has 3 aromatic rings. The van der Waals surface area contributed by atoms with Crippen LogP contribution < -0.4 is 0 Å². The minimum Gasteiger partial charge on any atom is -0.371 e. The molecule has 1 saturated heterocycles. The molecule has 0 bridgehead atoms. The van der Waals surface area contributed by atoms with Gasteiger partial charge in [-0.3, -0.25) is 0 Å². The number of rotatable bonds is 4. The summed E-state index contributed by atoms with van der Waals surface area (Å²) < 4.78 is 11.0. The Kier molecular flexibility index (Phi) is 4.11. The van der Waals surface area contributed by atoms with Crippen molar-refractivity contribution in [2.24, 2.45) is 0 Å². The lowest BCUT2D eigenvalue weighted by Gasteiger charge is -2.02. The second kappa shape index (κ2) is 6.39. The van der Waals surface area contributed by atoms with E-state index in [1.807, 2.05) is 29.6 Å². The first-order valence-corrected chi connectivity index (χ1v) is 8.68. The Hall–Kier alpha value is -1.76. The lowest BCUT2D eigenvalue weighted by molar-refractivity contribution is 0.112. The van der Waals surface area contributed by atoms with E-state index >= 15 is 0 Å². The van der Waals surface area contributed by atoms with Crippen LogP contribution in [0.15, 0.2) is 34.2 Å². The Balaban J connectivity index is 1.51. The van der Waals surface area contributed by atoms with Crippen LogP contribution in [0, 0.1) is 0 Å².